The van der Waals surface area contributed by atoms with Crippen molar-refractivity contribution in [2.24, 2.45) is 11.8 Å². The smallest absolute Gasteiger partial charge is 0.171 e. The molecule has 1 aromatic rings. The predicted octanol–water partition coefficient (Wildman–Crippen LogP) is 3.57. The highest BCUT2D eigenvalue weighted by atomic mass is 16.5. The Balaban J connectivity index is 2.73. The van der Waals surface area contributed by atoms with Gasteiger partial charge in [0.2, 0.25) is 0 Å². The van der Waals surface area contributed by atoms with Gasteiger partial charge in [-0.2, -0.15) is 0 Å². The van der Waals surface area contributed by atoms with Crippen molar-refractivity contribution in [2.45, 2.75) is 27.2 Å². The maximum atomic E-state index is 11.0. The first-order chi connectivity index (χ1) is 8.58. The van der Waals surface area contributed by atoms with E-state index in [0.29, 0.717) is 35.5 Å². The summed E-state index contributed by atoms with van der Waals surface area (Å²) >= 11 is 0. The molecule has 0 saturated carbocycles. The molecule has 0 heterocycles. The number of hydrogen-bond acceptors (Lipinski definition) is 3. The van der Waals surface area contributed by atoms with Crippen LogP contribution in [0.2, 0.25) is 0 Å². The van der Waals surface area contributed by atoms with Crippen LogP contribution in [0.3, 0.4) is 0 Å². The lowest BCUT2D eigenvalue weighted by molar-refractivity contribution is 0.111. The number of aldehydes is 1. The predicted molar refractivity (Wildman–Crippen MR) is 72.5 cm³/mol. The molecule has 1 aromatic carbocycles. The average molecular weight is 250 g/mol. The fourth-order valence-electron chi connectivity index (χ4n) is 2.04. The van der Waals surface area contributed by atoms with Crippen molar-refractivity contribution >= 4 is 6.29 Å². The van der Waals surface area contributed by atoms with Gasteiger partial charge >= 0.3 is 0 Å². The molecule has 0 aromatic heterocycles. The normalized spacial score (nSPS) is 12.3. The largest absolute Gasteiger partial charge is 0.493 e. The summed E-state index contributed by atoms with van der Waals surface area (Å²) in [5.74, 6) is 2.25. The molecule has 0 aliphatic carbocycles. The lowest BCUT2D eigenvalue weighted by Gasteiger charge is -2.17. The van der Waals surface area contributed by atoms with Crippen molar-refractivity contribution in [3.63, 3.8) is 0 Å². The van der Waals surface area contributed by atoms with Crippen LogP contribution in [-0.2, 0) is 0 Å². The SMILES string of the molecule is COc1cccc(C=O)c1OCC(C)CC(C)C. The van der Waals surface area contributed by atoms with Crippen LogP contribution >= 0.6 is 0 Å². The van der Waals surface area contributed by atoms with E-state index in [9.17, 15) is 4.79 Å². The second kappa shape index (κ2) is 7.04. The van der Waals surface area contributed by atoms with Gasteiger partial charge in [-0.25, -0.2) is 0 Å². The highest BCUT2D eigenvalue weighted by Crippen LogP contribution is 2.30. The minimum Gasteiger partial charge on any atom is -0.493 e. The molecule has 0 fully saturated rings. The molecule has 3 heteroatoms. The van der Waals surface area contributed by atoms with Gasteiger partial charge in [0.05, 0.1) is 19.3 Å². The first kappa shape index (κ1) is 14.6. The molecule has 18 heavy (non-hydrogen) atoms. The molecule has 0 N–H and O–H groups in total. The van der Waals surface area contributed by atoms with Gasteiger partial charge < -0.3 is 9.47 Å². The van der Waals surface area contributed by atoms with Gasteiger partial charge in [-0.1, -0.05) is 26.8 Å². The number of ether oxygens (including phenoxy) is 2. The summed E-state index contributed by atoms with van der Waals surface area (Å²) in [5, 5.41) is 0. The molecular weight excluding hydrogens is 228 g/mol. The molecule has 1 unspecified atom stereocenters. The van der Waals surface area contributed by atoms with E-state index in [1.54, 1.807) is 25.3 Å². The third kappa shape index (κ3) is 4.06. The molecule has 0 bridgehead atoms. The van der Waals surface area contributed by atoms with Gasteiger partial charge in [0.25, 0.3) is 0 Å². The van der Waals surface area contributed by atoms with Crippen molar-refractivity contribution < 1.29 is 14.3 Å². The van der Waals surface area contributed by atoms with Crippen LogP contribution in [0.5, 0.6) is 11.5 Å². The molecule has 100 valence electrons. The molecule has 1 rings (SSSR count). The van der Waals surface area contributed by atoms with E-state index in [0.717, 1.165) is 12.7 Å². The minimum absolute atomic E-state index is 0.453. The maximum Gasteiger partial charge on any atom is 0.171 e. The summed E-state index contributed by atoms with van der Waals surface area (Å²) in [4.78, 5) is 11.0. The van der Waals surface area contributed by atoms with Crippen molar-refractivity contribution in [1.29, 1.82) is 0 Å². The first-order valence-corrected chi connectivity index (χ1v) is 6.33. The number of methoxy groups -OCH3 is 1. The molecule has 0 amide bonds. The number of hydrogen-bond donors (Lipinski definition) is 0. The summed E-state index contributed by atoms with van der Waals surface area (Å²) < 4.78 is 11.0. The molecule has 3 nitrogen and oxygen atoms in total. The zero-order valence-corrected chi connectivity index (χ0v) is 11.6. The van der Waals surface area contributed by atoms with Crippen LogP contribution in [0.15, 0.2) is 18.2 Å². The van der Waals surface area contributed by atoms with Crippen LogP contribution in [-0.4, -0.2) is 20.0 Å². The van der Waals surface area contributed by atoms with E-state index in [-0.39, 0.29) is 0 Å². The van der Waals surface area contributed by atoms with Crippen LogP contribution < -0.4 is 9.47 Å². The Labute approximate surface area is 109 Å². The fourth-order valence-corrected chi connectivity index (χ4v) is 2.04. The second-order valence-corrected chi connectivity index (χ2v) is 5.04. The maximum absolute atomic E-state index is 11.0. The Morgan fingerprint density at radius 2 is 2.00 bits per heavy atom. The lowest BCUT2D eigenvalue weighted by Crippen LogP contribution is -2.12. The van der Waals surface area contributed by atoms with Gasteiger partial charge in [-0.3, -0.25) is 4.79 Å². The average Bonchev–Trinajstić information content (AvgIpc) is 2.34. The third-order valence-electron chi connectivity index (χ3n) is 2.74. The molecule has 0 spiro atoms. The Morgan fingerprint density at radius 1 is 1.28 bits per heavy atom. The van der Waals surface area contributed by atoms with Gasteiger partial charge in [-0.15, -0.1) is 0 Å². The Morgan fingerprint density at radius 3 is 2.56 bits per heavy atom. The number of rotatable bonds is 7. The molecule has 0 radical (unpaired) electrons. The van der Waals surface area contributed by atoms with Crippen molar-refractivity contribution in [2.75, 3.05) is 13.7 Å². The highest BCUT2D eigenvalue weighted by Gasteiger charge is 2.12. The van der Waals surface area contributed by atoms with Gasteiger partial charge in [0, 0.05) is 0 Å². The quantitative estimate of drug-likeness (QED) is 0.694. The van der Waals surface area contributed by atoms with E-state index >= 15 is 0 Å². The molecular formula is C15H22O3. The monoisotopic (exact) mass is 250 g/mol. The summed E-state index contributed by atoms with van der Waals surface area (Å²) in [6.45, 7) is 7.13. The Kier molecular flexibility index (Phi) is 5.69. The molecule has 0 aliphatic heterocycles. The summed E-state index contributed by atoms with van der Waals surface area (Å²) in [6.07, 6.45) is 1.90. The van der Waals surface area contributed by atoms with E-state index in [2.05, 4.69) is 20.8 Å². The number of benzene rings is 1. The third-order valence-corrected chi connectivity index (χ3v) is 2.74. The minimum atomic E-state index is 0.453. The van der Waals surface area contributed by atoms with Gasteiger partial charge in [0.1, 0.15) is 0 Å². The van der Waals surface area contributed by atoms with Gasteiger partial charge in [0.15, 0.2) is 17.8 Å². The van der Waals surface area contributed by atoms with Crippen molar-refractivity contribution in [3.8, 4) is 11.5 Å². The van der Waals surface area contributed by atoms with Crippen LogP contribution in [0.1, 0.15) is 37.6 Å². The Bertz CT molecular complexity index is 385. The number of carbonyl (C=O) groups is 1. The van der Waals surface area contributed by atoms with Gasteiger partial charge in [-0.05, 0) is 30.4 Å². The second-order valence-electron chi connectivity index (χ2n) is 5.04. The van der Waals surface area contributed by atoms with Crippen LogP contribution in [0.4, 0.5) is 0 Å². The van der Waals surface area contributed by atoms with E-state index in [4.69, 9.17) is 9.47 Å². The zero-order chi connectivity index (χ0) is 13.5. The van der Waals surface area contributed by atoms with Crippen LogP contribution in [0, 0.1) is 11.8 Å². The standard InChI is InChI=1S/C15H22O3/c1-11(2)8-12(3)10-18-15-13(9-16)6-5-7-14(15)17-4/h5-7,9,11-12H,8,10H2,1-4H3. The fraction of sp³-hybridized carbons (Fsp3) is 0.533. The topological polar surface area (TPSA) is 35.5 Å². The molecule has 0 aliphatic rings. The van der Waals surface area contributed by atoms with E-state index in [1.165, 1.54) is 0 Å². The summed E-state index contributed by atoms with van der Waals surface area (Å²) in [5.41, 5.74) is 0.533. The lowest BCUT2D eigenvalue weighted by atomic mass is 10.00. The summed E-state index contributed by atoms with van der Waals surface area (Å²) in [6, 6.07) is 5.32. The van der Waals surface area contributed by atoms with E-state index < -0.39 is 0 Å². The summed E-state index contributed by atoms with van der Waals surface area (Å²) in [7, 11) is 1.58. The highest BCUT2D eigenvalue weighted by molar-refractivity contribution is 5.81. The number of para-hydroxylation sites is 1. The Hall–Kier alpha value is -1.51. The number of carbonyl (C=O) groups excluding carboxylic acids is 1. The zero-order valence-electron chi connectivity index (χ0n) is 11.6. The molecule has 0 saturated heterocycles. The first-order valence-electron chi connectivity index (χ1n) is 6.33. The van der Waals surface area contributed by atoms with Crippen molar-refractivity contribution in [1.82, 2.24) is 0 Å². The van der Waals surface area contributed by atoms with Crippen LogP contribution in [0.25, 0.3) is 0 Å². The molecule has 1 atom stereocenters. The van der Waals surface area contributed by atoms with E-state index in [1.807, 2.05) is 0 Å². The van der Waals surface area contributed by atoms with Crippen molar-refractivity contribution in [3.05, 3.63) is 23.8 Å².